The van der Waals surface area contributed by atoms with Crippen LogP contribution in [0, 0.1) is 17.3 Å². The molecule has 2 saturated carbocycles. The zero-order valence-corrected chi connectivity index (χ0v) is 10.4. The third-order valence-electron chi connectivity index (χ3n) is 4.46. The predicted octanol–water partition coefficient (Wildman–Crippen LogP) is 3.76. The molecule has 0 radical (unpaired) electrons. The standard InChI is InChI=1S/C10H15F3O.C2H6/c1-8(2)6-3-4-7(5-6)9(8,14)10(11,12)13;1-2/h6-7,14H,3-5H2,1-2H3;1-2H3. The summed E-state index contributed by atoms with van der Waals surface area (Å²) in [6.07, 6.45) is -2.61. The van der Waals surface area contributed by atoms with Crippen LogP contribution in [0.15, 0.2) is 0 Å². The van der Waals surface area contributed by atoms with Crippen LogP contribution in [-0.2, 0) is 0 Å². The molecule has 16 heavy (non-hydrogen) atoms. The number of fused-ring (bicyclic) bond motifs is 2. The van der Waals surface area contributed by atoms with Crippen LogP contribution in [0.3, 0.4) is 0 Å². The van der Waals surface area contributed by atoms with Gasteiger partial charge in [-0.3, -0.25) is 0 Å². The molecule has 3 unspecified atom stereocenters. The molecular weight excluding hydrogens is 217 g/mol. The van der Waals surface area contributed by atoms with Crippen LogP contribution < -0.4 is 0 Å². The van der Waals surface area contributed by atoms with Crippen molar-refractivity contribution in [1.29, 1.82) is 0 Å². The molecule has 0 heterocycles. The summed E-state index contributed by atoms with van der Waals surface area (Å²) < 4.78 is 38.5. The molecule has 1 nitrogen and oxygen atoms in total. The summed E-state index contributed by atoms with van der Waals surface area (Å²) >= 11 is 0. The van der Waals surface area contributed by atoms with Crippen molar-refractivity contribution in [2.45, 2.75) is 58.7 Å². The normalized spacial score (nSPS) is 40.5. The van der Waals surface area contributed by atoms with Crippen molar-refractivity contribution in [3.63, 3.8) is 0 Å². The molecule has 2 aliphatic rings. The second kappa shape index (κ2) is 3.90. The summed E-state index contributed by atoms with van der Waals surface area (Å²) in [4.78, 5) is 0. The van der Waals surface area contributed by atoms with Crippen LogP contribution in [0.5, 0.6) is 0 Å². The average Bonchev–Trinajstić information content (AvgIpc) is 2.72. The first kappa shape index (κ1) is 13.8. The van der Waals surface area contributed by atoms with E-state index in [-0.39, 0.29) is 5.92 Å². The monoisotopic (exact) mass is 238 g/mol. The van der Waals surface area contributed by atoms with E-state index < -0.39 is 23.1 Å². The van der Waals surface area contributed by atoms with Gasteiger partial charge in [-0.05, 0) is 31.1 Å². The minimum atomic E-state index is -4.49. The van der Waals surface area contributed by atoms with Crippen LogP contribution >= 0.6 is 0 Å². The van der Waals surface area contributed by atoms with E-state index in [2.05, 4.69) is 0 Å². The minimum Gasteiger partial charge on any atom is -0.380 e. The molecule has 3 atom stereocenters. The van der Waals surface area contributed by atoms with Gasteiger partial charge in [-0.2, -0.15) is 13.2 Å². The third-order valence-corrected chi connectivity index (χ3v) is 4.46. The largest absolute Gasteiger partial charge is 0.417 e. The molecule has 0 spiro atoms. The van der Waals surface area contributed by atoms with Crippen molar-refractivity contribution in [3.05, 3.63) is 0 Å². The van der Waals surface area contributed by atoms with Crippen LogP contribution in [0.25, 0.3) is 0 Å². The van der Waals surface area contributed by atoms with E-state index in [0.717, 1.165) is 6.42 Å². The van der Waals surface area contributed by atoms with Gasteiger partial charge in [0.2, 0.25) is 0 Å². The summed E-state index contributed by atoms with van der Waals surface area (Å²) in [6, 6.07) is 0. The Morgan fingerprint density at radius 1 is 1.06 bits per heavy atom. The topological polar surface area (TPSA) is 20.2 Å². The molecule has 0 aromatic carbocycles. The summed E-state index contributed by atoms with van der Waals surface area (Å²) in [5.74, 6) is -0.554. The van der Waals surface area contributed by atoms with E-state index in [1.165, 1.54) is 0 Å². The smallest absolute Gasteiger partial charge is 0.380 e. The predicted molar refractivity (Wildman–Crippen MR) is 57.0 cm³/mol. The van der Waals surface area contributed by atoms with Gasteiger partial charge in [0.05, 0.1) is 0 Å². The van der Waals surface area contributed by atoms with Crippen molar-refractivity contribution < 1.29 is 18.3 Å². The first-order valence-corrected chi connectivity index (χ1v) is 6.00. The molecule has 0 aromatic rings. The first-order valence-electron chi connectivity index (χ1n) is 6.00. The molecule has 0 aliphatic heterocycles. The minimum absolute atomic E-state index is 0.0270. The lowest BCUT2D eigenvalue weighted by Gasteiger charge is -2.46. The van der Waals surface area contributed by atoms with Gasteiger partial charge < -0.3 is 5.11 Å². The molecule has 2 rings (SSSR count). The number of hydrogen-bond acceptors (Lipinski definition) is 1. The Balaban J connectivity index is 0.000000606. The fourth-order valence-electron chi connectivity index (χ4n) is 3.45. The number of alkyl halides is 3. The van der Waals surface area contributed by atoms with Crippen LogP contribution in [0.4, 0.5) is 13.2 Å². The first-order chi connectivity index (χ1) is 7.21. The maximum atomic E-state index is 12.8. The van der Waals surface area contributed by atoms with E-state index in [1.54, 1.807) is 13.8 Å². The molecular formula is C12H21F3O. The highest BCUT2D eigenvalue weighted by molar-refractivity contribution is 5.15. The molecule has 1 N–H and O–H groups in total. The van der Waals surface area contributed by atoms with Gasteiger partial charge in [0.25, 0.3) is 0 Å². The van der Waals surface area contributed by atoms with Gasteiger partial charge in [0.1, 0.15) is 0 Å². The van der Waals surface area contributed by atoms with E-state index >= 15 is 0 Å². The lowest BCUT2D eigenvalue weighted by Crippen LogP contribution is -2.59. The quantitative estimate of drug-likeness (QED) is 0.681. The Morgan fingerprint density at radius 3 is 1.75 bits per heavy atom. The molecule has 2 fully saturated rings. The van der Waals surface area contributed by atoms with Crippen molar-refractivity contribution >= 4 is 0 Å². The third kappa shape index (κ3) is 1.49. The Hall–Kier alpha value is -0.250. The molecule has 0 amide bonds. The van der Waals surface area contributed by atoms with Gasteiger partial charge in [-0.15, -0.1) is 0 Å². The maximum Gasteiger partial charge on any atom is 0.417 e. The summed E-state index contributed by atoms with van der Waals surface area (Å²) in [6.45, 7) is 7.09. The molecule has 4 heteroatoms. The molecule has 0 aromatic heterocycles. The number of halogens is 3. The Labute approximate surface area is 95.0 Å². The lowest BCUT2D eigenvalue weighted by molar-refractivity contribution is -0.312. The maximum absolute atomic E-state index is 12.8. The molecule has 2 aliphatic carbocycles. The summed E-state index contributed by atoms with van der Waals surface area (Å²) in [5, 5.41) is 9.92. The number of aliphatic hydroxyl groups is 1. The van der Waals surface area contributed by atoms with Crippen LogP contribution in [0.1, 0.15) is 47.0 Å². The zero-order chi connectivity index (χ0) is 12.8. The van der Waals surface area contributed by atoms with E-state index in [1.807, 2.05) is 13.8 Å². The van der Waals surface area contributed by atoms with Crippen molar-refractivity contribution in [2.24, 2.45) is 17.3 Å². The van der Waals surface area contributed by atoms with Gasteiger partial charge in [0.15, 0.2) is 5.60 Å². The molecule has 2 bridgehead atoms. The van der Waals surface area contributed by atoms with Crippen molar-refractivity contribution in [1.82, 2.24) is 0 Å². The second-order valence-corrected chi connectivity index (χ2v) is 5.19. The number of hydrogen-bond donors (Lipinski definition) is 1. The molecule has 0 saturated heterocycles. The van der Waals surface area contributed by atoms with Gasteiger partial charge in [-0.1, -0.05) is 27.7 Å². The number of rotatable bonds is 0. The van der Waals surface area contributed by atoms with E-state index in [4.69, 9.17) is 0 Å². The van der Waals surface area contributed by atoms with Crippen LogP contribution in [-0.4, -0.2) is 16.9 Å². The lowest BCUT2D eigenvalue weighted by atomic mass is 9.65. The summed E-state index contributed by atoms with van der Waals surface area (Å²) in [7, 11) is 0. The fraction of sp³-hybridized carbons (Fsp3) is 1.00. The Kier molecular flexibility index (Phi) is 3.36. The highest BCUT2D eigenvalue weighted by atomic mass is 19.4. The Morgan fingerprint density at radius 2 is 1.50 bits per heavy atom. The van der Waals surface area contributed by atoms with Crippen molar-refractivity contribution in [2.75, 3.05) is 0 Å². The average molecular weight is 238 g/mol. The van der Waals surface area contributed by atoms with Gasteiger partial charge in [0, 0.05) is 5.41 Å². The zero-order valence-electron chi connectivity index (χ0n) is 10.4. The Bertz CT molecular complexity index is 259. The van der Waals surface area contributed by atoms with E-state index in [0.29, 0.717) is 12.8 Å². The SMILES string of the molecule is CC.CC1(C)C2CCC(C2)C1(O)C(F)(F)F. The summed E-state index contributed by atoms with van der Waals surface area (Å²) in [5.41, 5.74) is -3.48. The highest BCUT2D eigenvalue weighted by Crippen LogP contribution is 2.65. The van der Waals surface area contributed by atoms with Gasteiger partial charge >= 0.3 is 6.18 Å². The second-order valence-electron chi connectivity index (χ2n) is 5.19. The van der Waals surface area contributed by atoms with Gasteiger partial charge in [-0.25, -0.2) is 0 Å². The molecule has 96 valence electrons. The highest BCUT2D eigenvalue weighted by Gasteiger charge is 2.73. The van der Waals surface area contributed by atoms with E-state index in [9.17, 15) is 18.3 Å². The van der Waals surface area contributed by atoms with Crippen molar-refractivity contribution in [3.8, 4) is 0 Å². The fourth-order valence-corrected chi connectivity index (χ4v) is 3.45. The van der Waals surface area contributed by atoms with Crippen LogP contribution in [0.2, 0.25) is 0 Å².